The summed E-state index contributed by atoms with van der Waals surface area (Å²) in [4.78, 5) is 3.79. The second-order valence-corrected chi connectivity index (χ2v) is 7.80. The molecule has 0 spiro atoms. The third kappa shape index (κ3) is 3.36. The molecule has 132 valence electrons. The van der Waals surface area contributed by atoms with E-state index < -0.39 is 0 Å². The van der Waals surface area contributed by atoms with Crippen LogP contribution in [0.5, 0.6) is 0 Å². The monoisotopic (exact) mass is 335 g/mol. The predicted octanol–water partition coefficient (Wildman–Crippen LogP) is 4.05. The molecule has 1 N–H and O–H groups in total. The number of nitrogens with zero attached hydrogens (tertiary/aromatic N) is 1. The molecule has 0 amide bonds. The van der Waals surface area contributed by atoms with E-state index in [1.54, 1.807) is 0 Å². The lowest BCUT2D eigenvalue weighted by Gasteiger charge is -2.25. The molecule has 1 aliphatic rings. The number of para-hydroxylation sites is 1. The summed E-state index contributed by atoms with van der Waals surface area (Å²) in [7, 11) is 4.44. The summed E-state index contributed by atoms with van der Waals surface area (Å²) >= 11 is 0. The van der Waals surface area contributed by atoms with Gasteiger partial charge in [0.25, 0.3) is 0 Å². The van der Waals surface area contributed by atoms with Crippen molar-refractivity contribution >= 4 is 17.5 Å². The smallest absolute Gasteiger partial charge is 0.135 e. The molecule has 0 aliphatic carbocycles. The number of likely N-dealkylation sites (N-methyl/N-ethyl adjacent to an activating group) is 1. The fourth-order valence-corrected chi connectivity index (χ4v) is 4.16. The SMILES string of the molecule is CCCN(C)c1ccc(/C=C/C2[NH+](C)c3ccccc3C2(C)C)cc1. The minimum Gasteiger partial charge on any atom is -0.375 e. The average Bonchev–Trinajstić information content (AvgIpc) is 2.81. The molecular weight excluding hydrogens is 304 g/mol. The molecule has 25 heavy (non-hydrogen) atoms. The third-order valence-electron chi connectivity index (χ3n) is 5.66. The van der Waals surface area contributed by atoms with Gasteiger partial charge in [-0.05, 0) is 50.1 Å². The Labute approximate surface area is 152 Å². The lowest BCUT2D eigenvalue weighted by atomic mass is 9.80. The van der Waals surface area contributed by atoms with Gasteiger partial charge in [-0.25, -0.2) is 0 Å². The summed E-state index contributed by atoms with van der Waals surface area (Å²) in [5.41, 5.74) is 5.61. The van der Waals surface area contributed by atoms with E-state index >= 15 is 0 Å². The predicted molar refractivity (Wildman–Crippen MR) is 109 cm³/mol. The van der Waals surface area contributed by atoms with E-state index in [0.29, 0.717) is 6.04 Å². The van der Waals surface area contributed by atoms with Gasteiger partial charge in [-0.1, -0.05) is 43.3 Å². The molecule has 0 aromatic heterocycles. The summed E-state index contributed by atoms with van der Waals surface area (Å²) in [5, 5.41) is 0. The van der Waals surface area contributed by atoms with Crippen LogP contribution >= 0.6 is 0 Å². The van der Waals surface area contributed by atoms with E-state index in [9.17, 15) is 0 Å². The van der Waals surface area contributed by atoms with Crippen molar-refractivity contribution in [1.29, 1.82) is 0 Å². The summed E-state index contributed by atoms with van der Waals surface area (Å²) in [6.07, 6.45) is 5.84. The van der Waals surface area contributed by atoms with Crippen LogP contribution in [0.2, 0.25) is 0 Å². The van der Waals surface area contributed by atoms with Crippen molar-refractivity contribution in [3.8, 4) is 0 Å². The maximum Gasteiger partial charge on any atom is 0.135 e. The average molecular weight is 336 g/mol. The second-order valence-electron chi connectivity index (χ2n) is 7.80. The van der Waals surface area contributed by atoms with Gasteiger partial charge in [0.2, 0.25) is 0 Å². The van der Waals surface area contributed by atoms with Crippen LogP contribution in [0.25, 0.3) is 6.08 Å². The van der Waals surface area contributed by atoms with Gasteiger partial charge in [0.1, 0.15) is 11.7 Å². The number of benzene rings is 2. The van der Waals surface area contributed by atoms with Crippen LogP contribution in [-0.2, 0) is 5.41 Å². The molecule has 2 atom stereocenters. The van der Waals surface area contributed by atoms with Gasteiger partial charge in [-0.15, -0.1) is 0 Å². The Kier molecular flexibility index (Phi) is 5.01. The zero-order valence-corrected chi connectivity index (χ0v) is 16.2. The van der Waals surface area contributed by atoms with Crippen molar-refractivity contribution in [1.82, 2.24) is 0 Å². The Morgan fingerprint density at radius 1 is 1.08 bits per heavy atom. The number of hydrogen-bond donors (Lipinski definition) is 1. The summed E-state index contributed by atoms with van der Waals surface area (Å²) in [6.45, 7) is 8.03. The maximum absolute atomic E-state index is 2.39. The molecule has 2 nitrogen and oxygen atoms in total. The fraction of sp³-hybridized carbons (Fsp3) is 0.391. The molecular formula is C23H31N2+. The standard InChI is InChI=1S/C23H30N2/c1-6-17-24(4)19-14-11-18(12-15-19)13-16-22-23(2,3)20-9-7-8-10-21(20)25(22)5/h7-16,22H,6,17H2,1-5H3/p+1/b16-13+. The fourth-order valence-electron chi connectivity index (χ4n) is 4.16. The topological polar surface area (TPSA) is 7.68 Å². The molecule has 2 unspecified atom stereocenters. The number of fused-ring (bicyclic) bond motifs is 1. The van der Waals surface area contributed by atoms with E-state index in [4.69, 9.17) is 0 Å². The Balaban J connectivity index is 1.78. The minimum absolute atomic E-state index is 0.151. The molecule has 0 saturated carbocycles. The zero-order valence-electron chi connectivity index (χ0n) is 16.2. The third-order valence-corrected chi connectivity index (χ3v) is 5.66. The first kappa shape index (κ1) is 17.8. The van der Waals surface area contributed by atoms with Crippen molar-refractivity contribution < 1.29 is 4.90 Å². The largest absolute Gasteiger partial charge is 0.375 e. The van der Waals surface area contributed by atoms with Crippen LogP contribution in [0.3, 0.4) is 0 Å². The molecule has 0 saturated heterocycles. The lowest BCUT2D eigenvalue weighted by molar-refractivity contribution is -0.828. The van der Waals surface area contributed by atoms with Crippen LogP contribution in [0.15, 0.2) is 54.6 Å². The van der Waals surface area contributed by atoms with E-state index in [-0.39, 0.29) is 5.41 Å². The Bertz CT molecular complexity index is 743. The van der Waals surface area contributed by atoms with E-state index in [2.05, 4.69) is 100 Å². The van der Waals surface area contributed by atoms with Gasteiger partial charge < -0.3 is 4.90 Å². The van der Waals surface area contributed by atoms with Gasteiger partial charge in [0, 0.05) is 24.8 Å². The first-order valence-corrected chi connectivity index (χ1v) is 9.38. The van der Waals surface area contributed by atoms with Crippen LogP contribution < -0.4 is 9.80 Å². The van der Waals surface area contributed by atoms with Crippen LogP contribution in [0.4, 0.5) is 11.4 Å². The van der Waals surface area contributed by atoms with E-state index in [1.165, 1.54) is 33.8 Å². The van der Waals surface area contributed by atoms with Crippen molar-refractivity contribution in [2.45, 2.75) is 38.6 Å². The van der Waals surface area contributed by atoms with Crippen LogP contribution in [0.1, 0.15) is 38.3 Å². The first-order chi connectivity index (χ1) is 11.9. The number of anilines is 1. The van der Waals surface area contributed by atoms with Crippen LogP contribution in [0, 0.1) is 0 Å². The van der Waals surface area contributed by atoms with Crippen molar-refractivity contribution in [2.75, 3.05) is 25.5 Å². The molecule has 3 rings (SSSR count). The van der Waals surface area contributed by atoms with Gasteiger partial charge in [-0.2, -0.15) is 0 Å². The molecule has 2 heteroatoms. The Morgan fingerprint density at radius 3 is 2.40 bits per heavy atom. The van der Waals surface area contributed by atoms with Gasteiger partial charge >= 0.3 is 0 Å². The lowest BCUT2D eigenvalue weighted by Crippen LogP contribution is -3.07. The van der Waals surface area contributed by atoms with Crippen molar-refractivity contribution in [3.05, 3.63) is 65.7 Å². The molecule has 1 aliphatic heterocycles. The minimum atomic E-state index is 0.151. The molecule has 0 bridgehead atoms. The number of hydrogen-bond acceptors (Lipinski definition) is 1. The summed E-state index contributed by atoms with van der Waals surface area (Å²) in [6, 6.07) is 18.2. The number of nitrogens with one attached hydrogen (secondary N) is 1. The van der Waals surface area contributed by atoms with E-state index in [0.717, 1.165) is 6.54 Å². The normalized spacial score (nSPS) is 21.5. The van der Waals surface area contributed by atoms with Gasteiger partial charge in [0.15, 0.2) is 0 Å². The number of rotatable bonds is 5. The molecule has 0 fully saturated rings. The summed E-state index contributed by atoms with van der Waals surface area (Å²) in [5.74, 6) is 0. The molecule has 2 aromatic rings. The second kappa shape index (κ2) is 7.05. The Morgan fingerprint density at radius 2 is 1.76 bits per heavy atom. The van der Waals surface area contributed by atoms with E-state index in [1.807, 2.05) is 0 Å². The zero-order chi connectivity index (χ0) is 18.0. The highest BCUT2D eigenvalue weighted by Gasteiger charge is 2.45. The van der Waals surface area contributed by atoms with Crippen molar-refractivity contribution in [2.24, 2.45) is 0 Å². The molecule has 1 heterocycles. The Hall–Kier alpha value is -2.06. The highest BCUT2D eigenvalue weighted by molar-refractivity contribution is 5.57. The summed E-state index contributed by atoms with van der Waals surface area (Å²) < 4.78 is 0. The maximum atomic E-state index is 2.39. The first-order valence-electron chi connectivity index (χ1n) is 9.38. The molecule has 0 radical (unpaired) electrons. The van der Waals surface area contributed by atoms with Crippen LogP contribution in [-0.4, -0.2) is 26.7 Å². The highest BCUT2D eigenvalue weighted by Crippen LogP contribution is 2.36. The quantitative estimate of drug-likeness (QED) is 0.866. The highest BCUT2D eigenvalue weighted by atomic mass is 15.2. The van der Waals surface area contributed by atoms with Crippen molar-refractivity contribution in [3.63, 3.8) is 0 Å². The van der Waals surface area contributed by atoms with Gasteiger partial charge in [-0.3, -0.25) is 4.90 Å². The molecule has 2 aromatic carbocycles. The van der Waals surface area contributed by atoms with Gasteiger partial charge in [0.05, 0.1) is 12.5 Å². The number of quaternary nitrogens is 1.